The highest BCUT2D eigenvalue weighted by molar-refractivity contribution is 7.92. The van der Waals surface area contributed by atoms with E-state index < -0.39 is 9.84 Å². The maximum Gasteiger partial charge on any atom is 0.156 e. The normalized spacial score (nSPS) is 15.4. The van der Waals surface area contributed by atoms with Crippen molar-refractivity contribution in [2.45, 2.75) is 31.3 Å². The highest BCUT2D eigenvalue weighted by Gasteiger charge is 2.23. The Hall–Kier alpha value is -0.0900. The minimum absolute atomic E-state index is 0.272. The van der Waals surface area contributed by atoms with E-state index in [1.165, 1.54) is 0 Å². The molecule has 0 aliphatic heterocycles. The second-order valence-electron chi connectivity index (χ2n) is 3.01. The Balaban J connectivity index is 4.32. The maximum absolute atomic E-state index is 11.4. The van der Waals surface area contributed by atoms with Crippen LogP contribution in [0.3, 0.4) is 0 Å². The summed E-state index contributed by atoms with van der Waals surface area (Å²) in [5, 5.41) is 2.29. The van der Waals surface area contributed by atoms with E-state index in [1.807, 2.05) is 0 Å². The van der Waals surface area contributed by atoms with Crippen molar-refractivity contribution >= 4 is 9.84 Å². The molecule has 0 saturated carbocycles. The average Bonchev–Trinajstić information content (AvgIpc) is 1.88. The molecule has 0 spiro atoms. The zero-order valence-electron chi connectivity index (χ0n) is 7.59. The Labute approximate surface area is 69.1 Å². The molecule has 0 aromatic carbocycles. The van der Waals surface area contributed by atoms with Crippen LogP contribution in [0.1, 0.15) is 20.8 Å². The summed E-state index contributed by atoms with van der Waals surface area (Å²) in [5.74, 6) is 0. The van der Waals surface area contributed by atoms with Crippen LogP contribution in [0.25, 0.3) is 0 Å². The summed E-state index contributed by atoms with van der Waals surface area (Å²) in [5.41, 5.74) is 0. The van der Waals surface area contributed by atoms with Gasteiger partial charge in [-0.1, -0.05) is 0 Å². The molecule has 0 aliphatic carbocycles. The molecule has 0 heterocycles. The third-order valence-electron chi connectivity index (χ3n) is 1.71. The summed E-state index contributed by atoms with van der Waals surface area (Å²) in [6.45, 7) is 5.68. The molecule has 1 unspecified atom stereocenters. The number of hydrogen-bond donors (Lipinski definition) is 1. The van der Waals surface area contributed by atoms with Crippen molar-refractivity contribution in [2.75, 3.05) is 13.6 Å². The second kappa shape index (κ2) is 4.07. The second-order valence-corrected chi connectivity index (χ2v) is 5.93. The standard InChI is InChI=1S/C7H17NO2S/c1-6(2)11(9,10)7(3)5-8-4/h6-8H,5H2,1-4H3. The smallest absolute Gasteiger partial charge is 0.156 e. The first-order valence-corrected chi connectivity index (χ1v) is 5.41. The summed E-state index contributed by atoms with van der Waals surface area (Å²) in [6.07, 6.45) is 0. The molecule has 1 atom stereocenters. The van der Waals surface area contributed by atoms with Crippen LogP contribution in [0.4, 0.5) is 0 Å². The van der Waals surface area contributed by atoms with Crippen LogP contribution >= 0.6 is 0 Å². The Bertz CT molecular complexity index is 196. The molecule has 0 rings (SSSR count). The fourth-order valence-corrected chi connectivity index (χ4v) is 2.20. The van der Waals surface area contributed by atoms with E-state index in [0.29, 0.717) is 6.54 Å². The summed E-state index contributed by atoms with van der Waals surface area (Å²) in [6, 6.07) is 0. The molecule has 0 saturated heterocycles. The first-order valence-electron chi connectivity index (χ1n) is 3.80. The van der Waals surface area contributed by atoms with Crippen LogP contribution in [0.2, 0.25) is 0 Å². The van der Waals surface area contributed by atoms with E-state index in [0.717, 1.165) is 0 Å². The zero-order chi connectivity index (χ0) is 9.07. The first-order chi connectivity index (χ1) is 4.92. The SMILES string of the molecule is CNCC(C)S(=O)(=O)C(C)C. The van der Waals surface area contributed by atoms with Gasteiger partial charge in [-0.25, -0.2) is 8.42 Å². The maximum atomic E-state index is 11.4. The lowest BCUT2D eigenvalue weighted by molar-refractivity contribution is 0.569. The highest BCUT2D eigenvalue weighted by atomic mass is 32.2. The van der Waals surface area contributed by atoms with Crippen molar-refractivity contribution in [3.05, 3.63) is 0 Å². The molecule has 0 aliphatic rings. The fourth-order valence-electron chi connectivity index (χ4n) is 0.868. The van der Waals surface area contributed by atoms with E-state index in [9.17, 15) is 8.42 Å². The molecular formula is C7H17NO2S. The van der Waals surface area contributed by atoms with Crippen molar-refractivity contribution in [1.82, 2.24) is 5.32 Å². The van der Waals surface area contributed by atoms with Gasteiger partial charge < -0.3 is 5.32 Å². The van der Waals surface area contributed by atoms with Gasteiger partial charge in [-0.3, -0.25) is 0 Å². The first kappa shape index (κ1) is 10.9. The Morgan fingerprint density at radius 3 is 2.00 bits per heavy atom. The van der Waals surface area contributed by atoms with Crippen LogP contribution in [0, 0.1) is 0 Å². The highest BCUT2D eigenvalue weighted by Crippen LogP contribution is 2.07. The van der Waals surface area contributed by atoms with Gasteiger partial charge in [0.05, 0.1) is 10.5 Å². The largest absolute Gasteiger partial charge is 0.318 e. The lowest BCUT2D eigenvalue weighted by atomic mass is 10.5. The van der Waals surface area contributed by atoms with Gasteiger partial charge in [-0.2, -0.15) is 0 Å². The average molecular weight is 179 g/mol. The van der Waals surface area contributed by atoms with Crippen molar-refractivity contribution in [1.29, 1.82) is 0 Å². The molecule has 0 radical (unpaired) electrons. The van der Waals surface area contributed by atoms with Crippen molar-refractivity contribution in [3.8, 4) is 0 Å². The van der Waals surface area contributed by atoms with Gasteiger partial charge in [0, 0.05) is 6.54 Å². The monoisotopic (exact) mass is 179 g/mol. The Morgan fingerprint density at radius 1 is 1.27 bits per heavy atom. The van der Waals surface area contributed by atoms with E-state index in [-0.39, 0.29) is 10.5 Å². The topological polar surface area (TPSA) is 46.2 Å². The van der Waals surface area contributed by atoms with Gasteiger partial charge in [-0.05, 0) is 27.8 Å². The molecule has 11 heavy (non-hydrogen) atoms. The molecule has 0 amide bonds. The molecular weight excluding hydrogens is 162 g/mol. The molecule has 4 heteroatoms. The van der Waals surface area contributed by atoms with Crippen molar-refractivity contribution < 1.29 is 8.42 Å². The van der Waals surface area contributed by atoms with Gasteiger partial charge in [-0.15, -0.1) is 0 Å². The number of rotatable bonds is 4. The van der Waals surface area contributed by atoms with Gasteiger partial charge in [0.2, 0.25) is 0 Å². The minimum Gasteiger partial charge on any atom is -0.318 e. The van der Waals surface area contributed by atoms with Crippen molar-refractivity contribution in [3.63, 3.8) is 0 Å². The van der Waals surface area contributed by atoms with Gasteiger partial charge in [0.1, 0.15) is 0 Å². The third kappa shape index (κ3) is 2.79. The summed E-state index contributed by atoms with van der Waals surface area (Å²) < 4.78 is 22.8. The van der Waals surface area contributed by atoms with Crippen LogP contribution < -0.4 is 5.32 Å². The molecule has 3 nitrogen and oxygen atoms in total. The summed E-state index contributed by atoms with van der Waals surface area (Å²) in [7, 11) is -1.15. The lowest BCUT2D eigenvalue weighted by Crippen LogP contribution is -2.33. The lowest BCUT2D eigenvalue weighted by Gasteiger charge is -2.14. The molecule has 0 aromatic heterocycles. The van der Waals surface area contributed by atoms with E-state index >= 15 is 0 Å². The van der Waals surface area contributed by atoms with E-state index in [1.54, 1.807) is 27.8 Å². The molecule has 0 bridgehead atoms. The number of nitrogens with one attached hydrogen (secondary N) is 1. The Kier molecular flexibility index (Phi) is 4.03. The van der Waals surface area contributed by atoms with Gasteiger partial charge in [0.25, 0.3) is 0 Å². The number of sulfone groups is 1. The fraction of sp³-hybridized carbons (Fsp3) is 1.00. The van der Waals surface area contributed by atoms with E-state index in [2.05, 4.69) is 5.32 Å². The minimum atomic E-state index is -2.90. The molecule has 0 aromatic rings. The zero-order valence-corrected chi connectivity index (χ0v) is 8.40. The quantitative estimate of drug-likeness (QED) is 0.680. The van der Waals surface area contributed by atoms with Gasteiger partial charge >= 0.3 is 0 Å². The Morgan fingerprint density at radius 2 is 1.73 bits per heavy atom. The van der Waals surface area contributed by atoms with Crippen LogP contribution in [0.5, 0.6) is 0 Å². The molecule has 0 fully saturated rings. The predicted molar refractivity (Wildman–Crippen MR) is 47.4 cm³/mol. The van der Waals surface area contributed by atoms with Crippen molar-refractivity contribution in [2.24, 2.45) is 0 Å². The predicted octanol–water partition coefficient (Wildman–Crippen LogP) is 0.417. The van der Waals surface area contributed by atoms with Crippen LogP contribution in [-0.4, -0.2) is 32.5 Å². The van der Waals surface area contributed by atoms with Crippen LogP contribution in [0.15, 0.2) is 0 Å². The summed E-state index contributed by atoms with van der Waals surface area (Å²) >= 11 is 0. The summed E-state index contributed by atoms with van der Waals surface area (Å²) in [4.78, 5) is 0. The van der Waals surface area contributed by atoms with Crippen LogP contribution in [-0.2, 0) is 9.84 Å². The molecule has 68 valence electrons. The third-order valence-corrected chi connectivity index (χ3v) is 4.31. The van der Waals surface area contributed by atoms with E-state index in [4.69, 9.17) is 0 Å². The molecule has 1 N–H and O–H groups in total. The number of hydrogen-bond acceptors (Lipinski definition) is 3. The van der Waals surface area contributed by atoms with Gasteiger partial charge in [0.15, 0.2) is 9.84 Å².